The number of nitrogens with zero attached hydrogens (tertiary/aromatic N) is 4. The molecule has 9 aromatic carbocycles. The van der Waals surface area contributed by atoms with Crippen LogP contribution in [0.25, 0.3) is 111 Å². The van der Waals surface area contributed by atoms with Gasteiger partial charge >= 0.3 is 12.4 Å². The van der Waals surface area contributed by atoms with Crippen molar-refractivity contribution >= 4 is 43.6 Å². The highest BCUT2D eigenvalue weighted by molar-refractivity contribution is 6.26. The van der Waals surface area contributed by atoms with Crippen LogP contribution in [-0.4, -0.2) is 19.1 Å². The second-order valence-corrected chi connectivity index (χ2v) is 17.2. The van der Waals surface area contributed by atoms with Gasteiger partial charge in [-0.3, -0.25) is 0 Å². The zero-order chi connectivity index (χ0) is 47.7. The Morgan fingerprint density at radius 1 is 0.343 bits per heavy atom. The number of para-hydroxylation sites is 3. The number of hydrogen-bond acceptors (Lipinski definition) is 2. The SMILES string of the molecule is FC(F)(F)c1ccc(-c2cc(-c3nc(-c4ccccc4)cc(-c4ccccc4)n3)cc(-c3ccc(C(F)(F)F)cc3)c2-n2c3ccccc3c3c2ccc2c4ccccc4n(-c4ccccc4)c23)cc1. The molecule has 0 amide bonds. The van der Waals surface area contributed by atoms with E-state index in [-0.39, 0.29) is 0 Å². The second kappa shape index (κ2) is 16.5. The minimum Gasteiger partial charge on any atom is -0.309 e. The quantitative estimate of drug-likeness (QED) is 0.149. The smallest absolute Gasteiger partial charge is 0.309 e. The summed E-state index contributed by atoms with van der Waals surface area (Å²) in [6.07, 6.45) is -9.22. The van der Waals surface area contributed by atoms with Crippen molar-refractivity contribution in [3.8, 4) is 67.5 Å². The van der Waals surface area contributed by atoms with E-state index in [1.807, 2.05) is 127 Å². The summed E-state index contributed by atoms with van der Waals surface area (Å²) in [6, 6.07) is 65.3. The van der Waals surface area contributed by atoms with E-state index in [0.29, 0.717) is 50.7 Å². The van der Waals surface area contributed by atoms with Gasteiger partial charge in [0, 0.05) is 55.0 Å². The van der Waals surface area contributed by atoms with Crippen LogP contribution in [0.4, 0.5) is 26.3 Å². The fourth-order valence-corrected chi connectivity index (χ4v) is 9.81. The Morgan fingerprint density at radius 2 is 0.800 bits per heavy atom. The van der Waals surface area contributed by atoms with E-state index in [4.69, 9.17) is 9.97 Å². The van der Waals surface area contributed by atoms with Crippen molar-refractivity contribution in [1.82, 2.24) is 19.1 Å². The first-order valence-corrected chi connectivity index (χ1v) is 22.5. The molecule has 0 aliphatic rings. The molecule has 0 saturated heterocycles. The number of aromatic nitrogens is 4. The molecule has 0 N–H and O–H groups in total. The molecule has 0 saturated carbocycles. The number of benzene rings is 9. The molecule has 10 heteroatoms. The van der Waals surface area contributed by atoms with Crippen LogP contribution in [-0.2, 0) is 12.4 Å². The largest absolute Gasteiger partial charge is 0.416 e. The van der Waals surface area contributed by atoms with Crippen molar-refractivity contribution < 1.29 is 26.3 Å². The molecule has 0 aliphatic heterocycles. The molecule has 4 nitrogen and oxygen atoms in total. The Balaban J connectivity index is 1.23. The van der Waals surface area contributed by atoms with E-state index in [9.17, 15) is 26.3 Å². The van der Waals surface area contributed by atoms with Crippen molar-refractivity contribution in [1.29, 1.82) is 0 Å². The van der Waals surface area contributed by atoms with E-state index in [0.717, 1.165) is 84.7 Å². The molecular formula is C60H36F6N4. The maximum atomic E-state index is 14.3. The molecule has 0 radical (unpaired) electrons. The molecule has 338 valence electrons. The van der Waals surface area contributed by atoms with Crippen molar-refractivity contribution in [2.75, 3.05) is 0 Å². The number of alkyl halides is 6. The molecule has 0 aliphatic carbocycles. The highest BCUT2D eigenvalue weighted by atomic mass is 19.4. The molecule has 70 heavy (non-hydrogen) atoms. The number of halogens is 6. The van der Waals surface area contributed by atoms with Gasteiger partial charge in [0.25, 0.3) is 0 Å². The van der Waals surface area contributed by atoms with Gasteiger partial charge in [-0.2, -0.15) is 26.3 Å². The summed E-state index contributed by atoms with van der Waals surface area (Å²) in [5.41, 5.74) is 8.63. The molecular weight excluding hydrogens is 891 g/mol. The highest BCUT2D eigenvalue weighted by Crippen LogP contribution is 2.47. The third-order valence-corrected chi connectivity index (χ3v) is 13.0. The van der Waals surface area contributed by atoms with Crippen molar-refractivity contribution in [3.63, 3.8) is 0 Å². The van der Waals surface area contributed by atoms with Crippen molar-refractivity contribution in [2.24, 2.45) is 0 Å². The monoisotopic (exact) mass is 926 g/mol. The summed E-state index contributed by atoms with van der Waals surface area (Å²) in [4.78, 5) is 10.3. The summed E-state index contributed by atoms with van der Waals surface area (Å²) < 4.78 is 90.0. The van der Waals surface area contributed by atoms with Crippen LogP contribution >= 0.6 is 0 Å². The maximum absolute atomic E-state index is 14.3. The molecule has 12 aromatic rings. The molecule has 3 aromatic heterocycles. The van der Waals surface area contributed by atoms with Crippen LogP contribution in [0.2, 0.25) is 0 Å². The van der Waals surface area contributed by atoms with Crippen LogP contribution in [0.1, 0.15) is 11.1 Å². The van der Waals surface area contributed by atoms with Gasteiger partial charge in [-0.05, 0) is 83.9 Å². The Labute approximate surface area is 397 Å². The van der Waals surface area contributed by atoms with Gasteiger partial charge in [-0.1, -0.05) is 146 Å². The fraction of sp³-hybridized carbons (Fsp3) is 0.0333. The Kier molecular flexibility index (Phi) is 10.0. The van der Waals surface area contributed by atoms with E-state index in [1.165, 1.54) is 24.3 Å². The Morgan fingerprint density at radius 3 is 1.31 bits per heavy atom. The first-order chi connectivity index (χ1) is 34.0. The minimum absolute atomic E-state index is 0.310. The van der Waals surface area contributed by atoms with E-state index in [1.54, 1.807) is 0 Å². The summed E-state index contributed by atoms with van der Waals surface area (Å²) in [5, 5.41) is 3.88. The zero-order valence-electron chi connectivity index (χ0n) is 36.8. The van der Waals surface area contributed by atoms with Crippen LogP contribution in [0.5, 0.6) is 0 Å². The number of hydrogen-bond donors (Lipinski definition) is 0. The van der Waals surface area contributed by atoms with Crippen LogP contribution in [0.3, 0.4) is 0 Å². The number of fused-ring (bicyclic) bond motifs is 7. The van der Waals surface area contributed by atoms with Gasteiger partial charge in [-0.15, -0.1) is 0 Å². The third-order valence-electron chi connectivity index (χ3n) is 13.0. The highest BCUT2D eigenvalue weighted by Gasteiger charge is 2.32. The maximum Gasteiger partial charge on any atom is 0.416 e. The van der Waals surface area contributed by atoms with E-state index >= 15 is 0 Å². The average Bonchev–Trinajstić information content (AvgIpc) is 3.91. The molecule has 0 unspecified atom stereocenters. The normalized spacial score (nSPS) is 12.1. The molecule has 0 spiro atoms. The lowest BCUT2D eigenvalue weighted by atomic mass is 9.91. The molecule has 3 heterocycles. The lowest BCUT2D eigenvalue weighted by Crippen LogP contribution is -2.06. The molecule has 0 atom stereocenters. The summed E-state index contributed by atoms with van der Waals surface area (Å²) in [7, 11) is 0. The van der Waals surface area contributed by atoms with Crippen LogP contribution in [0, 0.1) is 0 Å². The molecule has 0 fully saturated rings. The number of rotatable bonds is 7. The predicted octanol–water partition coefficient (Wildman–Crippen LogP) is 17.0. The van der Waals surface area contributed by atoms with Gasteiger partial charge in [0.1, 0.15) is 0 Å². The minimum atomic E-state index is -4.61. The zero-order valence-corrected chi connectivity index (χ0v) is 36.8. The van der Waals surface area contributed by atoms with E-state index < -0.39 is 23.5 Å². The lowest BCUT2D eigenvalue weighted by Gasteiger charge is -2.22. The molecule has 0 bridgehead atoms. The summed E-state index contributed by atoms with van der Waals surface area (Å²) >= 11 is 0. The van der Waals surface area contributed by atoms with Crippen LogP contribution in [0.15, 0.2) is 218 Å². The second-order valence-electron chi connectivity index (χ2n) is 17.2. The van der Waals surface area contributed by atoms with Crippen LogP contribution < -0.4 is 0 Å². The van der Waals surface area contributed by atoms with Gasteiger partial charge in [0.2, 0.25) is 0 Å². The van der Waals surface area contributed by atoms with Crippen molar-refractivity contribution in [2.45, 2.75) is 12.4 Å². The fourth-order valence-electron chi connectivity index (χ4n) is 9.81. The first-order valence-electron chi connectivity index (χ1n) is 22.5. The van der Waals surface area contributed by atoms with Gasteiger partial charge in [0.15, 0.2) is 5.82 Å². The average molecular weight is 927 g/mol. The Hall–Kier alpha value is -8.76. The van der Waals surface area contributed by atoms with Gasteiger partial charge in [0.05, 0.1) is 50.3 Å². The first kappa shape index (κ1) is 42.6. The van der Waals surface area contributed by atoms with E-state index in [2.05, 4.69) is 51.6 Å². The third kappa shape index (κ3) is 7.27. The summed E-state index contributed by atoms with van der Waals surface area (Å²) in [6.45, 7) is 0. The van der Waals surface area contributed by atoms with Gasteiger partial charge in [-0.25, -0.2) is 9.97 Å². The topological polar surface area (TPSA) is 35.6 Å². The predicted molar refractivity (Wildman–Crippen MR) is 268 cm³/mol. The Bertz CT molecular complexity index is 3800. The van der Waals surface area contributed by atoms with Crippen molar-refractivity contribution in [3.05, 3.63) is 230 Å². The molecule has 12 rings (SSSR count). The lowest BCUT2D eigenvalue weighted by molar-refractivity contribution is -0.138. The van der Waals surface area contributed by atoms with Gasteiger partial charge < -0.3 is 9.13 Å². The standard InChI is InChI=1S/C60H36F6N4/c61-59(62,63)42-28-24-37(25-29-42)48-34-41(58-67-50(39-14-4-1-5-15-39)36-51(68-58)40-16-6-2-7-17-40)35-49(38-26-30-43(31-27-38)60(64,65)66)56(48)70-53-23-13-11-21-47(53)55-54(70)33-32-46-45-20-10-12-22-52(45)69(57(46)55)44-18-8-3-9-19-44/h1-36H. The summed E-state index contributed by atoms with van der Waals surface area (Å²) in [5.74, 6) is 0.310.